The average Bonchev–Trinajstić information content (AvgIpc) is 0. The minimum absolute atomic E-state index is 0. The summed E-state index contributed by atoms with van der Waals surface area (Å²) in [6.45, 7) is 0. The zero-order chi connectivity index (χ0) is 0. The molecule has 0 amide bonds. The topological polar surface area (TPSA) is 63.0 Å². The molecule has 0 saturated carbocycles. The predicted molar refractivity (Wildman–Crippen MR) is 13.0 cm³/mol. The normalized spacial score (nSPS) is 0. The first-order valence-electron chi connectivity index (χ1n) is 0. The summed E-state index contributed by atoms with van der Waals surface area (Å²) in [6.07, 6.45) is 0. The predicted octanol–water partition coefficient (Wildman–Crippen LogP) is -2.03. The van der Waals surface area contributed by atoms with Crippen LogP contribution in [0.4, 0.5) is 0 Å². The minimum Gasteiger partial charge on any atom is -0.412 e. The van der Waals surface area contributed by atoms with Crippen LogP contribution in [0.25, 0.3) is 0 Å². The monoisotopic (exact) mass is 138 g/mol. The molecule has 0 rings (SSSR count). The fourth-order valence-corrected chi connectivity index (χ4v) is 0. The van der Waals surface area contributed by atoms with Crippen LogP contribution in [0, 0.1) is 0 Å². The van der Waals surface area contributed by atoms with E-state index in [4.69, 9.17) is 0 Å². The van der Waals surface area contributed by atoms with Crippen molar-refractivity contribution >= 4 is 51.4 Å². The largest absolute Gasteiger partial charge is 0.412 e. The smallest absolute Gasteiger partial charge is 0 e. The molecule has 0 aliphatic rings. The van der Waals surface area contributed by atoms with Crippen LogP contribution in [-0.4, -0.2) is 62.3 Å². The number of hydrogen-bond donors (Lipinski definition) is 0. The van der Waals surface area contributed by atoms with Gasteiger partial charge in [0.25, 0.3) is 0 Å². The van der Waals surface area contributed by atoms with Gasteiger partial charge in [-0.05, 0) is 0 Å². The van der Waals surface area contributed by atoms with E-state index in [9.17, 15) is 0 Å². The van der Waals surface area contributed by atoms with Crippen molar-refractivity contribution in [1.29, 1.82) is 0 Å². The zero-order valence-electron chi connectivity index (χ0n) is 2.30. The Morgan fingerprint density at radius 2 is 0.750 bits per heavy atom. The van der Waals surface area contributed by atoms with Gasteiger partial charge in [0, 0.05) is 68.5 Å². The molecule has 0 unspecified atom stereocenters. The van der Waals surface area contributed by atoms with Crippen molar-refractivity contribution in [2.75, 3.05) is 0 Å². The van der Waals surface area contributed by atoms with Crippen LogP contribution in [0.5, 0.6) is 0 Å². The van der Waals surface area contributed by atoms with Gasteiger partial charge in [-0.3, -0.25) is 0 Å². The summed E-state index contributed by atoms with van der Waals surface area (Å²) >= 11 is 0. The maximum absolute atomic E-state index is 0. The minimum atomic E-state index is 0. The molecule has 2 radical (unpaired) electrons. The van der Waals surface area contributed by atoms with E-state index in [1.165, 1.54) is 0 Å². The summed E-state index contributed by atoms with van der Waals surface area (Å²) in [5.74, 6) is 0. The summed E-state index contributed by atoms with van der Waals surface area (Å²) in [4.78, 5) is 0. The van der Waals surface area contributed by atoms with Crippen molar-refractivity contribution < 1.29 is 28.0 Å². The van der Waals surface area contributed by atoms with Crippen LogP contribution >= 0.6 is 0 Å². The van der Waals surface area contributed by atoms with Crippen LogP contribution in [0.3, 0.4) is 0 Å². The Balaban J connectivity index is 0. The summed E-state index contributed by atoms with van der Waals surface area (Å²) in [5, 5.41) is 0. The van der Waals surface area contributed by atoms with Gasteiger partial charge >= 0.3 is 0 Å². The molecule has 0 aromatic rings. The Bertz CT molecular complexity index is 6.00. The van der Waals surface area contributed by atoms with E-state index in [0.717, 1.165) is 0 Å². The van der Waals surface area contributed by atoms with Gasteiger partial charge in [0.05, 0.1) is 0 Å². The SMILES string of the molecule is O.O.[Cu].[K]. The fraction of sp³-hybridized carbons (Fsp3) is 0. The van der Waals surface area contributed by atoms with Crippen molar-refractivity contribution in [3.05, 3.63) is 0 Å². The molecule has 4 heavy (non-hydrogen) atoms. The third-order valence-corrected chi connectivity index (χ3v) is 0. The second kappa shape index (κ2) is 19.6. The molecule has 2 nitrogen and oxygen atoms in total. The van der Waals surface area contributed by atoms with E-state index in [1.54, 1.807) is 0 Å². The standard InChI is InChI=1S/Cu.K.2H2O/h;;2*1H2. The molecule has 0 aliphatic heterocycles. The molecule has 0 bridgehead atoms. The third kappa shape index (κ3) is 8.95. The van der Waals surface area contributed by atoms with Gasteiger partial charge in [-0.25, -0.2) is 0 Å². The summed E-state index contributed by atoms with van der Waals surface area (Å²) in [6, 6.07) is 0. The van der Waals surface area contributed by atoms with E-state index in [2.05, 4.69) is 0 Å². The maximum atomic E-state index is 0. The maximum Gasteiger partial charge on any atom is 0 e. The second-order valence-corrected chi connectivity index (χ2v) is 0. The Morgan fingerprint density at radius 3 is 0.750 bits per heavy atom. The van der Waals surface area contributed by atoms with Crippen molar-refractivity contribution in [3.8, 4) is 0 Å². The molecule has 0 fully saturated rings. The molecule has 0 heterocycles. The third-order valence-electron chi connectivity index (χ3n) is 0. The van der Waals surface area contributed by atoms with Gasteiger partial charge in [-0.2, -0.15) is 0 Å². The van der Waals surface area contributed by atoms with Crippen molar-refractivity contribution in [2.24, 2.45) is 0 Å². The molecule has 0 aromatic heterocycles. The van der Waals surface area contributed by atoms with Crippen LogP contribution < -0.4 is 0 Å². The van der Waals surface area contributed by atoms with Gasteiger partial charge in [-0.15, -0.1) is 0 Å². The molecular formula is H4CuKO2. The first-order valence-corrected chi connectivity index (χ1v) is 0. The first-order chi connectivity index (χ1) is 0. The van der Waals surface area contributed by atoms with Gasteiger partial charge in [0.2, 0.25) is 0 Å². The van der Waals surface area contributed by atoms with E-state index in [-0.39, 0.29) is 79.4 Å². The van der Waals surface area contributed by atoms with Gasteiger partial charge in [0.15, 0.2) is 0 Å². The van der Waals surface area contributed by atoms with Crippen molar-refractivity contribution in [3.63, 3.8) is 0 Å². The van der Waals surface area contributed by atoms with Gasteiger partial charge in [-0.1, -0.05) is 0 Å². The van der Waals surface area contributed by atoms with Crippen LogP contribution in [0.15, 0.2) is 0 Å². The molecule has 4 heteroatoms. The molecule has 0 saturated heterocycles. The van der Waals surface area contributed by atoms with E-state index in [0.29, 0.717) is 0 Å². The van der Waals surface area contributed by atoms with Crippen LogP contribution in [0.2, 0.25) is 0 Å². The number of hydrogen-bond acceptors (Lipinski definition) is 0. The Kier molecular flexibility index (Phi) is 178. The van der Waals surface area contributed by atoms with Gasteiger partial charge in [0.1, 0.15) is 0 Å². The van der Waals surface area contributed by atoms with Crippen LogP contribution in [-0.2, 0) is 17.1 Å². The molecule has 4 N–H and O–H groups in total. The molecule has 0 aromatic carbocycles. The summed E-state index contributed by atoms with van der Waals surface area (Å²) in [5.41, 5.74) is 0. The fourth-order valence-electron chi connectivity index (χ4n) is 0. The Labute approximate surface area is 77.8 Å². The Hall–Kier alpha value is 2.08. The quantitative estimate of drug-likeness (QED) is 0.347. The molecule has 0 atom stereocenters. The van der Waals surface area contributed by atoms with Crippen molar-refractivity contribution in [2.45, 2.75) is 0 Å². The molecule has 28 valence electrons. The van der Waals surface area contributed by atoms with E-state index in [1.807, 2.05) is 0 Å². The zero-order valence-corrected chi connectivity index (χ0v) is 6.37. The molecular weight excluding hydrogens is 135 g/mol. The first kappa shape index (κ1) is 36.3. The molecule has 0 aliphatic carbocycles. The Morgan fingerprint density at radius 1 is 0.750 bits per heavy atom. The summed E-state index contributed by atoms with van der Waals surface area (Å²) < 4.78 is 0. The summed E-state index contributed by atoms with van der Waals surface area (Å²) in [7, 11) is 0. The van der Waals surface area contributed by atoms with Crippen molar-refractivity contribution in [1.82, 2.24) is 0 Å². The second-order valence-electron chi connectivity index (χ2n) is 0. The van der Waals surface area contributed by atoms with Crippen LogP contribution in [0.1, 0.15) is 0 Å². The van der Waals surface area contributed by atoms with E-state index >= 15 is 0 Å². The number of rotatable bonds is 0. The van der Waals surface area contributed by atoms with Gasteiger partial charge < -0.3 is 11.0 Å². The molecule has 0 spiro atoms. The van der Waals surface area contributed by atoms with E-state index < -0.39 is 0 Å². The average molecular weight is 139 g/mol.